The Morgan fingerprint density at radius 1 is 1.21 bits per heavy atom. The molecule has 28 heavy (non-hydrogen) atoms. The van der Waals surface area contributed by atoms with Crippen LogP contribution in [0.3, 0.4) is 0 Å². The summed E-state index contributed by atoms with van der Waals surface area (Å²) in [5.41, 5.74) is 1.10. The molecule has 2 aliphatic rings. The van der Waals surface area contributed by atoms with Gasteiger partial charge in [0.15, 0.2) is 0 Å². The van der Waals surface area contributed by atoms with E-state index in [0.717, 1.165) is 62.4 Å². The fourth-order valence-electron chi connectivity index (χ4n) is 3.76. The van der Waals surface area contributed by atoms with Gasteiger partial charge in [-0.05, 0) is 31.7 Å². The van der Waals surface area contributed by atoms with Crippen molar-refractivity contribution < 1.29 is 9.53 Å². The SMILES string of the molecule is COc1ccccc1/C=C/CN1CCC(n2nccc2NC(=O)C2CC2)CC1. The Hall–Kier alpha value is -2.60. The third-order valence-electron chi connectivity index (χ3n) is 5.57. The molecule has 4 rings (SSSR count). The number of nitrogens with zero attached hydrogens (tertiary/aromatic N) is 3. The molecular formula is C22H28N4O2. The first-order chi connectivity index (χ1) is 13.7. The maximum absolute atomic E-state index is 12.1. The smallest absolute Gasteiger partial charge is 0.228 e. The van der Waals surface area contributed by atoms with Crippen molar-refractivity contribution in [1.29, 1.82) is 0 Å². The molecule has 1 aromatic heterocycles. The average Bonchev–Trinajstić information content (AvgIpc) is 3.49. The first-order valence-electron chi connectivity index (χ1n) is 10.1. The third kappa shape index (κ3) is 4.44. The monoisotopic (exact) mass is 380 g/mol. The number of carbonyl (C=O) groups is 1. The first kappa shape index (κ1) is 18.7. The van der Waals surface area contributed by atoms with Crippen LogP contribution in [0.15, 0.2) is 42.6 Å². The molecule has 1 saturated heterocycles. The van der Waals surface area contributed by atoms with Gasteiger partial charge >= 0.3 is 0 Å². The van der Waals surface area contributed by atoms with Crippen molar-refractivity contribution in [1.82, 2.24) is 14.7 Å². The summed E-state index contributed by atoms with van der Waals surface area (Å²) in [6.07, 6.45) is 10.2. The highest BCUT2D eigenvalue weighted by Crippen LogP contribution is 2.31. The Morgan fingerprint density at radius 3 is 2.75 bits per heavy atom. The van der Waals surface area contributed by atoms with Crippen molar-refractivity contribution >= 4 is 17.8 Å². The van der Waals surface area contributed by atoms with Crippen molar-refractivity contribution in [3.63, 3.8) is 0 Å². The first-order valence-corrected chi connectivity index (χ1v) is 10.1. The Balaban J connectivity index is 1.29. The highest BCUT2D eigenvalue weighted by Gasteiger charge is 2.31. The van der Waals surface area contributed by atoms with Crippen LogP contribution in [0.5, 0.6) is 5.75 Å². The number of carbonyl (C=O) groups excluding carboxylic acids is 1. The predicted molar refractivity (Wildman–Crippen MR) is 110 cm³/mol. The minimum Gasteiger partial charge on any atom is -0.496 e. The van der Waals surface area contributed by atoms with Gasteiger partial charge in [-0.2, -0.15) is 5.10 Å². The molecule has 1 N–H and O–H groups in total. The van der Waals surface area contributed by atoms with Gasteiger partial charge in [-0.3, -0.25) is 9.69 Å². The van der Waals surface area contributed by atoms with E-state index in [0.29, 0.717) is 6.04 Å². The van der Waals surface area contributed by atoms with Gasteiger partial charge in [0.2, 0.25) is 5.91 Å². The molecule has 2 heterocycles. The van der Waals surface area contributed by atoms with Gasteiger partial charge in [-0.15, -0.1) is 0 Å². The van der Waals surface area contributed by atoms with Gasteiger partial charge in [0.1, 0.15) is 11.6 Å². The number of amides is 1. The Kier molecular flexibility index (Phi) is 5.76. The topological polar surface area (TPSA) is 59.4 Å². The number of ether oxygens (including phenoxy) is 1. The molecule has 1 aliphatic heterocycles. The molecule has 0 atom stereocenters. The average molecular weight is 380 g/mol. The molecule has 6 heteroatoms. The summed E-state index contributed by atoms with van der Waals surface area (Å²) in [4.78, 5) is 14.5. The summed E-state index contributed by atoms with van der Waals surface area (Å²) in [5, 5.41) is 7.52. The van der Waals surface area contributed by atoms with Crippen LogP contribution >= 0.6 is 0 Å². The van der Waals surface area contributed by atoms with Crippen molar-refractivity contribution in [2.45, 2.75) is 31.7 Å². The molecule has 148 valence electrons. The molecule has 1 amide bonds. The predicted octanol–water partition coefficient (Wildman–Crippen LogP) is 3.59. The molecule has 0 radical (unpaired) electrons. The Bertz CT molecular complexity index is 833. The number of piperidine rings is 1. The minimum absolute atomic E-state index is 0.140. The van der Waals surface area contributed by atoms with Crippen LogP contribution in [0.4, 0.5) is 5.82 Å². The summed E-state index contributed by atoms with van der Waals surface area (Å²) >= 11 is 0. The zero-order valence-electron chi connectivity index (χ0n) is 16.4. The van der Waals surface area contributed by atoms with E-state index >= 15 is 0 Å². The fourth-order valence-corrected chi connectivity index (χ4v) is 3.76. The number of methoxy groups -OCH3 is 1. The fraction of sp³-hybridized carbons (Fsp3) is 0.455. The highest BCUT2D eigenvalue weighted by molar-refractivity contribution is 5.93. The number of benzene rings is 1. The maximum atomic E-state index is 12.1. The van der Waals surface area contributed by atoms with E-state index in [1.807, 2.05) is 28.9 Å². The second-order valence-electron chi connectivity index (χ2n) is 7.60. The number of likely N-dealkylation sites (tertiary alicyclic amines) is 1. The summed E-state index contributed by atoms with van der Waals surface area (Å²) in [6, 6.07) is 10.3. The van der Waals surface area contributed by atoms with Crippen LogP contribution in [-0.2, 0) is 4.79 Å². The van der Waals surface area contributed by atoms with Gasteiger partial charge < -0.3 is 10.1 Å². The molecule has 1 aromatic carbocycles. The van der Waals surface area contributed by atoms with Crippen LogP contribution in [-0.4, -0.2) is 47.3 Å². The van der Waals surface area contributed by atoms with Gasteiger partial charge in [0.25, 0.3) is 0 Å². The van der Waals surface area contributed by atoms with Gasteiger partial charge in [0, 0.05) is 37.2 Å². The largest absolute Gasteiger partial charge is 0.496 e. The lowest BCUT2D eigenvalue weighted by molar-refractivity contribution is -0.117. The van der Waals surface area contributed by atoms with Crippen LogP contribution < -0.4 is 10.1 Å². The van der Waals surface area contributed by atoms with E-state index in [9.17, 15) is 4.79 Å². The van der Waals surface area contributed by atoms with Crippen molar-refractivity contribution in [3.05, 3.63) is 48.2 Å². The van der Waals surface area contributed by atoms with E-state index in [1.54, 1.807) is 13.3 Å². The van der Waals surface area contributed by atoms with Crippen molar-refractivity contribution in [3.8, 4) is 5.75 Å². The number of nitrogens with one attached hydrogen (secondary N) is 1. The molecule has 1 aliphatic carbocycles. The minimum atomic E-state index is 0.140. The zero-order chi connectivity index (χ0) is 19.3. The van der Waals surface area contributed by atoms with Crippen LogP contribution in [0.25, 0.3) is 6.08 Å². The molecule has 2 aromatic rings. The third-order valence-corrected chi connectivity index (χ3v) is 5.57. The standard InChI is InChI=1S/C22H28N4O2/c1-28-20-7-3-2-5-17(20)6-4-14-25-15-11-19(12-16-25)26-21(10-13-23-26)24-22(27)18-8-9-18/h2-7,10,13,18-19H,8-9,11-12,14-16H2,1H3,(H,24,27)/b6-4+. The molecule has 0 bridgehead atoms. The van der Waals surface area contributed by atoms with E-state index in [4.69, 9.17) is 4.74 Å². The van der Waals surface area contributed by atoms with E-state index in [2.05, 4.69) is 33.5 Å². The second kappa shape index (κ2) is 8.61. The molecular weight excluding hydrogens is 352 g/mol. The van der Waals surface area contributed by atoms with Gasteiger partial charge in [-0.1, -0.05) is 30.4 Å². The summed E-state index contributed by atoms with van der Waals surface area (Å²) in [7, 11) is 1.70. The summed E-state index contributed by atoms with van der Waals surface area (Å²) in [6.45, 7) is 2.97. The highest BCUT2D eigenvalue weighted by atomic mass is 16.5. The molecule has 2 fully saturated rings. The second-order valence-corrected chi connectivity index (χ2v) is 7.60. The van der Waals surface area contributed by atoms with Crippen LogP contribution in [0.1, 0.15) is 37.3 Å². The Morgan fingerprint density at radius 2 is 2.00 bits per heavy atom. The van der Waals surface area contributed by atoms with Crippen LogP contribution in [0.2, 0.25) is 0 Å². The number of aromatic nitrogens is 2. The molecule has 0 spiro atoms. The number of hydrogen-bond acceptors (Lipinski definition) is 4. The van der Waals surface area contributed by atoms with Crippen molar-refractivity contribution in [2.24, 2.45) is 5.92 Å². The normalized spacial score (nSPS) is 18.5. The molecule has 6 nitrogen and oxygen atoms in total. The molecule has 0 unspecified atom stereocenters. The quantitative estimate of drug-likeness (QED) is 0.797. The lowest BCUT2D eigenvalue weighted by atomic mass is 10.1. The zero-order valence-corrected chi connectivity index (χ0v) is 16.4. The van der Waals surface area contributed by atoms with E-state index in [1.165, 1.54) is 0 Å². The summed E-state index contributed by atoms with van der Waals surface area (Å²) in [5.74, 6) is 2.09. The number of hydrogen-bond donors (Lipinski definition) is 1. The van der Waals surface area contributed by atoms with Gasteiger partial charge in [0.05, 0.1) is 19.3 Å². The molecule has 1 saturated carbocycles. The maximum Gasteiger partial charge on any atom is 0.228 e. The van der Waals surface area contributed by atoms with Crippen molar-refractivity contribution in [2.75, 3.05) is 32.1 Å². The lowest BCUT2D eigenvalue weighted by Gasteiger charge is -2.32. The van der Waals surface area contributed by atoms with Crippen LogP contribution in [0, 0.1) is 5.92 Å². The number of anilines is 1. The van der Waals surface area contributed by atoms with Gasteiger partial charge in [-0.25, -0.2) is 4.68 Å². The van der Waals surface area contributed by atoms with E-state index in [-0.39, 0.29) is 11.8 Å². The lowest BCUT2D eigenvalue weighted by Crippen LogP contribution is -2.35. The number of rotatable bonds is 7. The number of para-hydroxylation sites is 1. The summed E-state index contributed by atoms with van der Waals surface area (Å²) < 4.78 is 7.40. The Labute approximate surface area is 166 Å². The van der Waals surface area contributed by atoms with E-state index < -0.39 is 0 Å².